The molecule has 7 heteroatoms. The summed E-state index contributed by atoms with van der Waals surface area (Å²) in [7, 11) is 0. The second-order valence-electron chi connectivity index (χ2n) is 8.41. The van der Waals surface area contributed by atoms with E-state index in [0.29, 0.717) is 13.1 Å². The summed E-state index contributed by atoms with van der Waals surface area (Å²) >= 11 is 0. The molecule has 0 bridgehead atoms. The maximum Gasteiger partial charge on any atom is 0.317 e. The van der Waals surface area contributed by atoms with Gasteiger partial charge in [-0.15, -0.1) is 0 Å². The van der Waals surface area contributed by atoms with Gasteiger partial charge in [-0.2, -0.15) is 0 Å². The Bertz CT molecular complexity index is 495. The van der Waals surface area contributed by atoms with Gasteiger partial charge in [0, 0.05) is 32.2 Å². The summed E-state index contributed by atoms with van der Waals surface area (Å²) in [4.78, 5) is 30.7. The third-order valence-corrected chi connectivity index (χ3v) is 5.76. The van der Waals surface area contributed by atoms with E-state index in [1.54, 1.807) is 0 Å². The van der Waals surface area contributed by atoms with Crippen LogP contribution in [0.3, 0.4) is 0 Å². The maximum absolute atomic E-state index is 13.3. The zero-order valence-corrected chi connectivity index (χ0v) is 17.6. The van der Waals surface area contributed by atoms with E-state index in [-0.39, 0.29) is 42.7 Å². The summed E-state index contributed by atoms with van der Waals surface area (Å²) in [5.74, 6) is -0.330. The molecule has 2 aliphatic rings. The van der Waals surface area contributed by atoms with Gasteiger partial charge in [0.25, 0.3) is 0 Å². The van der Waals surface area contributed by atoms with Gasteiger partial charge in [-0.3, -0.25) is 19.4 Å². The Balaban J connectivity index is 1.98. The van der Waals surface area contributed by atoms with Crippen LogP contribution in [0.1, 0.15) is 47.5 Å². The van der Waals surface area contributed by atoms with Crippen LogP contribution in [-0.2, 0) is 14.3 Å². The zero-order chi connectivity index (χ0) is 20.1. The van der Waals surface area contributed by atoms with Gasteiger partial charge in [-0.25, -0.2) is 0 Å². The predicted octanol–water partition coefficient (Wildman–Crippen LogP) is 1.52. The van der Waals surface area contributed by atoms with E-state index in [1.165, 1.54) is 0 Å². The Labute approximate surface area is 163 Å². The van der Waals surface area contributed by atoms with Gasteiger partial charge in [-0.1, -0.05) is 20.8 Å². The molecule has 1 N–H and O–H groups in total. The van der Waals surface area contributed by atoms with E-state index < -0.39 is 5.97 Å². The van der Waals surface area contributed by atoms with Gasteiger partial charge in [0.15, 0.2) is 0 Å². The maximum atomic E-state index is 13.3. The lowest BCUT2D eigenvalue weighted by atomic mass is 9.96. The van der Waals surface area contributed by atoms with E-state index in [1.807, 2.05) is 16.7 Å². The number of nitrogens with zero attached hydrogens (tertiary/aromatic N) is 3. The molecule has 0 aromatic heterocycles. The van der Waals surface area contributed by atoms with Crippen LogP contribution in [-0.4, -0.2) is 95.2 Å². The minimum Gasteiger partial charge on any atom is -0.480 e. The van der Waals surface area contributed by atoms with Crippen LogP contribution in [0.5, 0.6) is 0 Å². The van der Waals surface area contributed by atoms with Crippen molar-refractivity contribution < 1.29 is 19.4 Å². The van der Waals surface area contributed by atoms with Crippen LogP contribution in [0.4, 0.5) is 0 Å². The molecular weight excluding hydrogens is 346 g/mol. The molecule has 27 heavy (non-hydrogen) atoms. The quantitative estimate of drug-likeness (QED) is 0.719. The smallest absolute Gasteiger partial charge is 0.317 e. The summed E-state index contributed by atoms with van der Waals surface area (Å²) in [6.45, 7) is 14.2. The predicted molar refractivity (Wildman–Crippen MR) is 105 cm³/mol. The van der Waals surface area contributed by atoms with E-state index in [9.17, 15) is 9.59 Å². The van der Waals surface area contributed by atoms with Gasteiger partial charge in [-0.05, 0) is 39.2 Å². The molecule has 0 aromatic carbocycles. The number of ether oxygens (including phenoxy) is 1. The fraction of sp³-hybridized carbons (Fsp3) is 0.900. The number of morpholine rings is 1. The normalized spacial score (nSPS) is 26.6. The number of carboxylic acids is 1. The Morgan fingerprint density at radius 3 is 2.15 bits per heavy atom. The second-order valence-corrected chi connectivity index (χ2v) is 8.41. The second kappa shape index (κ2) is 9.85. The number of likely N-dealkylation sites (N-methyl/N-ethyl adjacent to an activating group) is 1. The van der Waals surface area contributed by atoms with Crippen molar-refractivity contribution in [1.29, 1.82) is 0 Å². The number of piperidine rings is 1. The van der Waals surface area contributed by atoms with Gasteiger partial charge >= 0.3 is 5.97 Å². The Kier molecular flexibility index (Phi) is 8.06. The number of amides is 1. The van der Waals surface area contributed by atoms with Crippen molar-refractivity contribution in [3.05, 3.63) is 0 Å². The fourth-order valence-electron chi connectivity index (χ4n) is 4.62. The average molecular weight is 384 g/mol. The molecule has 2 fully saturated rings. The summed E-state index contributed by atoms with van der Waals surface area (Å²) in [5, 5.41) is 9.08. The fourth-order valence-corrected chi connectivity index (χ4v) is 4.62. The number of hydrogen-bond acceptors (Lipinski definition) is 5. The Morgan fingerprint density at radius 2 is 1.70 bits per heavy atom. The SMILES string of the molecule is CCN(CC(=O)O)C1CCN(C(=O)C(C(C)C)N2CC(C)OC(C)C2)CC1. The number of carbonyl (C=O) groups is 2. The van der Waals surface area contributed by atoms with E-state index in [4.69, 9.17) is 9.84 Å². The molecule has 0 aromatic rings. The standard InChI is InChI=1S/C20H37N3O4/c1-6-21(13-18(24)25)17-7-9-22(10-8-17)20(26)19(14(2)3)23-11-15(4)27-16(5)12-23/h14-17,19H,6-13H2,1-5H3,(H,24,25). The van der Waals surface area contributed by atoms with Crippen molar-refractivity contribution in [2.24, 2.45) is 5.92 Å². The topological polar surface area (TPSA) is 73.3 Å². The molecule has 2 saturated heterocycles. The molecule has 0 aliphatic carbocycles. The van der Waals surface area contributed by atoms with Crippen molar-refractivity contribution in [2.75, 3.05) is 39.3 Å². The molecule has 0 radical (unpaired) electrons. The third kappa shape index (κ3) is 5.90. The monoisotopic (exact) mass is 383 g/mol. The lowest BCUT2D eigenvalue weighted by Crippen LogP contribution is -2.59. The zero-order valence-electron chi connectivity index (χ0n) is 17.6. The number of carbonyl (C=O) groups excluding carboxylic acids is 1. The first kappa shape index (κ1) is 22.1. The molecule has 2 aliphatic heterocycles. The Morgan fingerprint density at radius 1 is 1.15 bits per heavy atom. The number of rotatable bonds is 7. The van der Waals surface area contributed by atoms with Crippen LogP contribution < -0.4 is 0 Å². The Hall–Kier alpha value is -1.18. The molecule has 7 nitrogen and oxygen atoms in total. The first-order valence-electron chi connectivity index (χ1n) is 10.4. The van der Waals surface area contributed by atoms with Crippen molar-refractivity contribution in [2.45, 2.75) is 71.8 Å². The number of aliphatic carboxylic acids is 1. The van der Waals surface area contributed by atoms with Crippen LogP contribution in [0, 0.1) is 5.92 Å². The molecule has 0 saturated carbocycles. The van der Waals surface area contributed by atoms with Crippen molar-refractivity contribution >= 4 is 11.9 Å². The lowest BCUT2D eigenvalue weighted by molar-refractivity contribution is -0.148. The number of hydrogen-bond donors (Lipinski definition) is 1. The highest BCUT2D eigenvalue weighted by Gasteiger charge is 2.37. The molecule has 1 amide bonds. The van der Waals surface area contributed by atoms with E-state index in [2.05, 4.69) is 32.6 Å². The van der Waals surface area contributed by atoms with Crippen LogP contribution >= 0.6 is 0 Å². The first-order chi connectivity index (χ1) is 12.7. The molecular formula is C20H37N3O4. The van der Waals surface area contributed by atoms with Crippen molar-refractivity contribution in [3.8, 4) is 0 Å². The van der Waals surface area contributed by atoms with Crippen LogP contribution in [0.15, 0.2) is 0 Å². The van der Waals surface area contributed by atoms with Crippen LogP contribution in [0.2, 0.25) is 0 Å². The summed E-state index contributed by atoms with van der Waals surface area (Å²) in [6, 6.07) is 0.132. The lowest BCUT2D eigenvalue weighted by Gasteiger charge is -2.44. The van der Waals surface area contributed by atoms with Crippen molar-refractivity contribution in [3.63, 3.8) is 0 Å². The highest BCUT2D eigenvalue weighted by Crippen LogP contribution is 2.23. The minimum absolute atomic E-state index is 0.0767. The van der Waals surface area contributed by atoms with Crippen LogP contribution in [0.25, 0.3) is 0 Å². The van der Waals surface area contributed by atoms with Crippen molar-refractivity contribution in [1.82, 2.24) is 14.7 Å². The highest BCUT2D eigenvalue weighted by molar-refractivity contribution is 5.82. The molecule has 156 valence electrons. The van der Waals surface area contributed by atoms with Gasteiger partial charge in [0.1, 0.15) is 0 Å². The largest absolute Gasteiger partial charge is 0.480 e. The first-order valence-corrected chi connectivity index (χ1v) is 10.4. The summed E-state index contributed by atoms with van der Waals surface area (Å²) in [5.41, 5.74) is 0. The molecule has 3 atom stereocenters. The molecule has 3 unspecified atom stereocenters. The summed E-state index contributed by atoms with van der Waals surface area (Å²) < 4.78 is 5.84. The average Bonchev–Trinajstić information content (AvgIpc) is 2.58. The van der Waals surface area contributed by atoms with Gasteiger partial charge in [0.05, 0.1) is 24.8 Å². The molecule has 0 spiro atoms. The minimum atomic E-state index is -0.786. The molecule has 2 heterocycles. The third-order valence-electron chi connectivity index (χ3n) is 5.76. The van der Waals surface area contributed by atoms with Gasteiger partial charge < -0.3 is 14.7 Å². The number of likely N-dealkylation sites (tertiary alicyclic amines) is 1. The summed E-state index contributed by atoms with van der Waals surface area (Å²) in [6.07, 6.45) is 1.96. The van der Waals surface area contributed by atoms with E-state index in [0.717, 1.165) is 32.5 Å². The molecule has 2 rings (SSSR count). The van der Waals surface area contributed by atoms with Gasteiger partial charge in [0.2, 0.25) is 5.91 Å². The highest BCUT2D eigenvalue weighted by atomic mass is 16.5. The number of carboxylic acid groups (broad SMARTS) is 1. The van der Waals surface area contributed by atoms with E-state index >= 15 is 0 Å².